The molecule has 0 radical (unpaired) electrons. The van der Waals surface area contributed by atoms with Crippen molar-refractivity contribution in [3.8, 4) is 0 Å². The monoisotopic (exact) mass is 334 g/mol. The molecule has 0 bridgehead atoms. The van der Waals surface area contributed by atoms with Gasteiger partial charge in [0, 0.05) is 21.3 Å². The Morgan fingerprint density at radius 1 is 1.33 bits per heavy atom. The Labute approximate surface area is 117 Å². The summed E-state index contributed by atoms with van der Waals surface area (Å²) in [5.74, 6) is -1.05. The van der Waals surface area contributed by atoms with Crippen LogP contribution in [0, 0.1) is 0 Å². The van der Waals surface area contributed by atoms with Crippen LogP contribution >= 0.6 is 27.3 Å². The molecule has 1 aromatic heterocycles. The third-order valence-electron chi connectivity index (χ3n) is 2.30. The molecule has 8 heteroatoms. The third kappa shape index (κ3) is 4.37. The number of rotatable bonds is 7. The maximum absolute atomic E-state index is 11.0. The molecule has 1 rings (SSSR count). The fourth-order valence-electron chi connectivity index (χ4n) is 1.62. The number of primary amides is 2. The van der Waals surface area contributed by atoms with Gasteiger partial charge in [0.1, 0.15) is 0 Å². The molecular formula is C10H15BrN4O2S. The molecule has 1 heterocycles. The van der Waals surface area contributed by atoms with Crippen LogP contribution in [0.3, 0.4) is 0 Å². The third-order valence-corrected chi connectivity index (χ3v) is 4.09. The van der Waals surface area contributed by atoms with Gasteiger partial charge in [0.15, 0.2) is 0 Å². The Morgan fingerprint density at radius 3 is 2.22 bits per heavy atom. The highest BCUT2D eigenvalue weighted by Crippen LogP contribution is 2.28. The van der Waals surface area contributed by atoms with Gasteiger partial charge in [-0.25, -0.2) is 0 Å². The highest BCUT2D eigenvalue weighted by atomic mass is 79.9. The molecule has 0 aliphatic rings. The van der Waals surface area contributed by atoms with E-state index in [0.717, 1.165) is 9.35 Å². The van der Waals surface area contributed by atoms with E-state index in [1.165, 1.54) is 11.3 Å². The topological polar surface area (TPSA) is 115 Å². The Morgan fingerprint density at radius 2 is 1.89 bits per heavy atom. The zero-order chi connectivity index (χ0) is 13.7. The second kappa shape index (κ2) is 6.83. The van der Waals surface area contributed by atoms with Gasteiger partial charge in [0.25, 0.3) is 0 Å². The van der Waals surface area contributed by atoms with Crippen molar-refractivity contribution in [3.63, 3.8) is 0 Å². The molecule has 0 aliphatic heterocycles. The molecule has 1 aromatic rings. The van der Waals surface area contributed by atoms with Crippen molar-refractivity contribution in [2.45, 2.75) is 6.04 Å². The number of carbonyl (C=O) groups is 2. The standard InChI is InChI=1S/C10H15BrN4O2S/c11-6-1-8(18-5-6)7(2-12)15(3-9(13)16)4-10(14)17/h1,5,7H,2-4,12H2,(H2,13,16)(H2,14,17). The predicted octanol–water partition coefficient (Wildman–Crippen LogP) is -0.217. The van der Waals surface area contributed by atoms with E-state index in [9.17, 15) is 9.59 Å². The van der Waals surface area contributed by atoms with Crippen molar-refractivity contribution in [2.75, 3.05) is 19.6 Å². The first-order valence-electron chi connectivity index (χ1n) is 5.18. The van der Waals surface area contributed by atoms with Crippen LogP contribution in [0.5, 0.6) is 0 Å². The summed E-state index contributed by atoms with van der Waals surface area (Å²) in [4.78, 5) is 24.6. The molecule has 0 fully saturated rings. The average Bonchev–Trinajstić information content (AvgIpc) is 2.64. The molecule has 1 unspecified atom stereocenters. The van der Waals surface area contributed by atoms with E-state index in [2.05, 4.69) is 15.9 Å². The van der Waals surface area contributed by atoms with Crippen LogP contribution in [-0.4, -0.2) is 36.3 Å². The van der Waals surface area contributed by atoms with Crippen LogP contribution < -0.4 is 17.2 Å². The molecule has 0 aromatic carbocycles. The Balaban J connectivity index is 2.91. The van der Waals surface area contributed by atoms with Gasteiger partial charge in [-0.05, 0) is 22.0 Å². The van der Waals surface area contributed by atoms with Gasteiger partial charge in [-0.2, -0.15) is 0 Å². The predicted molar refractivity (Wildman–Crippen MR) is 73.8 cm³/mol. The van der Waals surface area contributed by atoms with Gasteiger partial charge in [-0.15, -0.1) is 11.3 Å². The van der Waals surface area contributed by atoms with Crippen LogP contribution in [0.25, 0.3) is 0 Å². The highest BCUT2D eigenvalue weighted by Gasteiger charge is 2.23. The summed E-state index contributed by atoms with van der Waals surface area (Å²) < 4.78 is 0.930. The van der Waals surface area contributed by atoms with Gasteiger partial charge < -0.3 is 17.2 Å². The lowest BCUT2D eigenvalue weighted by Crippen LogP contribution is -2.43. The maximum Gasteiger partial charge on any atom is 0.231 e. The van der Waals surface area contributed by atoms with E-state index in [1.807, 2.05) is 11.4 Å². The minimum Gasteiger partial charge on any atom is -0.369 e. The van der Waals surface area contributed by atoms with Crippen LogP contribution in [0.15, 0.2) is 15.9 Å². The van der Waals surface area contributed by atoms with Gasteiger partial charge in [0.05, 0.1) is 19.1 Å². The molecule has 0 saturated heterocycles. The number of nitrogens with two attached hydrogens (primary N) is 3. The van der Waals surface area contributed by atoms with E-state index >= 15 is 0 Å². The van der Waals surface area contributed by atoms with E-state index < -0.39 is 11.8 Å². The Bertz CT molecular complexity index is 421. The molecule has 0 spiro atoms. The number of carbonyl (C=O) groups excluding carboxylic acids is 2. The lowest BCUT2D eigenvalue weighted by molar-refractivity contribution is -0.122. The molecular weight excluding hydrogens is 320 g/mol. The number of nitrogens with zero attached hydrogens (tertiary/aromatic N) is 1. The van der Waals surface area contributed by atoms with Gasteiger partial charge in [-0.3, -0.25) is 14.5 Å². The smallest absolute Gasteiger partial charge is 0.231 e. The van der Waals surface area contributed by atoms with E-state index in [-0.39, 0.29) is 25.7 Å². The second-order valence-electron chi connectivity index (χ2n) is 3.76. The summed E-state index contributed by atoms with van der Waals surface area (Å²) in [6.45, 7) is 0.161. The summed E-state index contributed by atoms with van der Waals surface area (Å²) in [7, 11) is 0. The molecule has 0 aliphatic carbocycles. The molecule has 6 nitrogen and oxygen atoms in total. The van der Waals surface area contributed by atoms with Crippen LogP contribution in [0.4, 0.5) is 0 Å². The zero-order valence-electron chi connectivity index (χ0n) is 9.64. The van der Waals surface area contributed by atoms with Crippen molar-refractivity contribution in [3.05, 3.63) is 20.8 Å². The molecule has 0 saturated carbocycles. The van der Waals surface area contributed by atoms with Crippen LogP contribution in [0.2, 0.25) is 0 Å². The number of hydrogen-bond acceptors (Lipinski definition) is 5. The lowest BCUT2D eigenvalue weighted by Gasteiger charge is -2.27. The Hall–Kier alpha value is -0.960. The van der Waals surface area contributed by atoms with E-state index in [4.69, 9.17) is 17.2 Å². The maximum atomic E-state index is 11.0. The fraction of sp³-hybridized carbons (Fsp3) is 0.400. The molecule has 100 valence electrons. The van der Waals surface area contributed by atoms with E-state index in [1.54, 1.807) is 4.90 Å². The van der Waals surface area contributed by atoms with Crippen molar-refractivity contribution in [2.24, 2.45) is 17.2 Å². The van der Waals surface area contributed by atoms with Crippen molar-refractivity contribution in [1.29, 1.82) is 0 Å². The van der Waals surface area contributed by atoms with Gasteiger partial charge in [-0.1, -0.05) is 0 Å². The minimum absolute atomic E-state index is 0.0552. The summed E-state index contributed by atoms with van der Waals surface area (Å²) in [5.41, 5.74) is 16.0. The molecule has 1 atom stereocenters. The van der Waals surface area contributed by atoms with Crippen LogP contribution in [0.1, 0.15) is 10.9 Å². The number of halogens is 1. The number of hydrogen-bond donors (Lipinski definition) is 3. The van der Waals surface area contributed by atoms with E-state index in [0.29, 0.717) is 0 Å². The second-order valence-corrected chi connectivity index (χ2v) is 5.61. The molecule has 2 amide bonds. The number of thiophene rings is 1. The van der Waals surface area contributed by atoms with Gasteiger partial charge >= 0.3 is 0 Å². The first-order chi connectivity index (χ1) is 8.43. The SMILES string of the molecule is NCC(c1cc(Br)cs1)N(CC(N)=O)CC(N)=O. The van der Waals surface area contributed by atoms with Crippen LogP contribution in [-0.2, 0) is 9.59 Å². The van der Waals surface area contributed by atoms with Crippen molar-refractivity contribution in [1.82, 2.24) is 4.90 Å². The van der Waals surface area contributed by atoms with Crippen molar-refractivity contribution >= 4 is 39.1 Å². The number of amides is 2. The summed E-state index contributed by atoms with van der Waals surface area (Å²) in [6.07, 6.45) is 0. The van der Waals surface area contributed by atoms with Crippen molar-refractivity contribution < 1.29 is 9.59 Å². The molecule has 18 heavy (non-hydrogen) atoms. The highest BCUT2D eigenvalue weighted by molar-refractivity contribution is 9.10. The lowest BCUT2D eigenvalue weighted by atomic mass is 10.2. The summed E-state index contributed by atoms with van der Waals surface area (Å²) in [5, 5.41) is 1.91. The largest absolute Gasteiger partial charge is 0.369 e. The first-order valence-corrected chi connectivity index (χ1v) is 6.86. The fourth-order valence-corrected chi connectivity index (χ4v) is 3.22. The Kier molecular flexibility index (Phi) is 5.73. The zero-order valence-corrected chi connectivity index (χ0v) is 12.0. The average molecular weight is 335 g/mol. The summed E-state index contributed by atoms with van der Waals surface area (Å²) >= 11 is 4.84. The molecule has 6 N–H and O–H groups in total. The quantitative estimate of drug-likeness (QED) is 0.639. The minimum atomic E-state index is -0.523. The summed E-state index contributed by atoms with van der Waals surface area (Å²) in [6, 6.07) is 1.65. The van der Waals surface area contributed by atoms with Gasteiger partial charge in [0.2, 0.25) is 11.8 Å². The normalized spacial score (nSPS) is 12.6. The first kappa shape index (κ1) is 15.1.